The van der Waals surface area contributed by atoms with Gasteiger partial charge in [-0.05, 0) is 48.0 Å². The lowest BCUT2D eigenvalue weighted by Crippen LogP contribution is -2.52. The lowest BCUT2D eigenvalue weighted by atomic mass is 10.1. The van der Waals surface area contributed by atoms with Gasteiger partial charge in [-0.2, -0.15) is 0 Å². The van der Waals surface area contributed by atoms with Crippen molar-refractivity contribution in [3.63, 3.8) is 0 Å². The van der Waals surface area contributed by atoms with Gasteiger partial charge in [-0.25, -0.2) is 4.79 Å². The van der Waals surface area contributed by atoms with Crippen molar-refractivity contribution in [2.45, 2.75) is 71.2 Å². The number of carbonyl (C=O) groups is 2. The van der Waals surface area contributed by atoms with E-state index >= 15 is 0 Å². The van der Waals surface area contributed by atoms with E-state index < -0.39 is 17.7 Å². The molecule has 0 aliphatic carbocycles. The second-order valence-electron chi connectivity index (χ2n) is 8.93. The molecule has 2 saturated heterocycles. The molecular weight excluding hydrogens is 322 g/mol. The van der Waals surface area contributed by atoms with Crippen molar-refractivity contribution in [2.24, 2.45) is 0 Å². The fraction of sp³-hybridized carbons (Fsp3) is 0.889. The molecule has 0 aromatic carbocycles. The number of nitrogens with zero attached hydrogens (tertiary/aromatic N) is 2. The van der Waals surface area contributed by atoms with Gasteiger partial charge in [-0.1, -0.05) is 0 Å². The largest absolute Gasteiger partial charge is 0.444 e. The molecule has 0 bridgehead atoms. The van der Waals surface area contributed by atoms with Crippen molar-refractivity contribution in [2.75, 3.05) is 32.8 Å². The third-order valence-corrected chi connectivity index (χ3v) is 4.27. The Bertz CT molecular complexity index is 454. The van der Waals surface area contributed by atoms with Crippen LogP contribution < -0.4 is 5.32 Å². The Kier molecular flexibility index (Phi) is 5.99. The summed E-state index contributed by atoms with van der Waals surface area (Å²) >= 11 is 0. The topological polar surface area (TPSA) is 71.1 Å². The highest BCUT2D eigenvalue weighted by molar-refractivity contribution is 5.87. The molecule has 1 N–H and O–H groups in total. The maximum atomic E-state index is 12.8. The fourth-order valence-electron chi connectivity index (χ4n) is 3.24. The first-order valence-corrected chi connectivity index (χ1v) is 9.10. The number of amides is 2. The summed E-state index contributed by atoms with van der Waals surface area (Å²) in [6.45, 7) is 14.9. The average molecular weight is 355 g/mol. The Hall–Kier alpha value is -1.34. The van der Waals surface area contributed by atoms with Crippen LogP contribution in [0, 0.1) is 0 Å². The van der Waals surface area contributed by atoms with Crippen molar-refractivity contribution in [3.8, 4) is 0 Å². The van der Waals surface area contributed by atoms with Crippen LogP contribution in [-0.2, 0) is 14.3 Å². The van der Waals surface area contributed by atoms with E-state index in [0.29, 0.717) is 26.2 Å². The zero-order valence-electron chi connectivity index (χ0n) is 16.4. The molecule has 1 unspecified atom stereocenters. The minimum absolute atomic E-state index is 0.117. The van der Waals surface area contributed by atoms with Gasteiger partial charge in [0.05, 0.1) is 13.2 Å². The van der Waals surface area contributed by atoms with Crippen LogP contribution in [0.3, 0.4) is 0 Å². The summed E-state index contributed by atoms with van der Waals surface area (Å²) in [5, 5.41) is 3.00. The number of hydrogen-bond donors (Lipinski definition) is 1. The summed E-state index contributed by atoms with van der Waals surface area (Å²) < 4.78 is 10.9. The zero-order valence-corrected chi connectivity index (χ0v) is 16.4. The molecule has 2 rings (SSSR count). The van der Waals surface area contributed by atoms with Gasteiger partial charge in [0.1, 0.15) is 11.6 Å². The Labute approximate surface area is 151 Å². The Morgan fingerprint density at radius 2 is 1.68 bits per heavy atom. The maximum Gasteiger partial charge on any atom is 0.411 e. The summed E-state index contributed by atoms with van der Waals surface area (Å²) in [5.74, 6) is -0.117. The molecule has 25 heavy (non-hydrogen) atoms. The lowest BCUT2D eigenvalue weighted by molar-refractivity contribution is -0.126. The van der Waals surface area contributed by atoms with Gasteiger partial charge in [0.2, 0.25) is 5.91 Å². The van der Waals surface area contributed by atoms with Crippen molar-refractivity contribution in [3.05, 3.63) is 0 Å². The highest BCUT2D eigenvalue weighted by Crippen LogP contribution is 2.26. The van der Waals surface area contributed by atoms with Gasteiger partial charge in [0.15, 0.2) is 0 Å². The van der Waals surface area contributed by atoms with Gasteiger partial charge in [-0.3, -0.25) is 14.6 Å². The van der Waals surface area contributed by atoms with E-state index in [2.05, 4.69) is 10.2 Å². The van der Waals surface area contributed by atoms with E-state index in [0.717, 1.165) is 13.1 Å². The number of carbonyl (C=O) groups excluding carboxylic acids is 2. The molecule has 0 radical (unpaired) electrons. The summed E-state index contributed by atoms with van der Waals surface area (Å²) in [5.41, 5.74) is -0.924. The maximum absolute atomic E-state index is 12.8. The Balaban J connectivity index is 2.13. The van der Waals surface area contributed by atoms with Crippen LogP contribution in [0.5, 0.6) is 0 Å². The molecule has 144 valence electrons. The quantitative estimate of drug-likeness (QED) is 0.815. The first-order valence-electron chi connectivity index (χ1n) is 9.10. The first kappa shape index (κ1) is 20.0. The monoisotopic (exact) mass is 355 g/mol. The van der Waals surface area contributed by atoms with Crippen LogP contribution in [0.4, 0.5) is 4.79 Å². The molecule has 2 aliphatic rings. The number of rotatable bonds is 2. The fourth-order valence-corrected chi connectivity index (χ4v) is 3.24. The van der Waals surface area contributed by atoms with Crippen molar-refractivity contribution in [1.82, 2.24) is 15.1 Å². The van der Waals surface area contributed by atoms with E-state index in [4.69, 9.17) is 9.47 Å². The summed E-state index contributed by atoms with van der Waals surface area (Å²) in [7, 11) is 0. The Morgan fingerprint density at radius 1 is 1.08 bits per heavy atom. The molecular formula is C18H33N3O4. The van der Waals surface area contributed by atoms with Crippen LogP contribution in [0.1, 0.15) is 48.0 Å². The van der Waals surface area contributed by atoms with Crippen molar-refractivity contribution < 1.29 is 19.1 Å². The molecule has 0 spiro atoms. The van der Waals surface area contributed by atoms with E-state index in [1.807, 2.05) is 41.5 Å². The van der Waals surface area contributed by atoms with Gasteiger partial charge in [0, 0.05) is 31.2 Å². The van der Waals surface area contributed by atoms with Crippen molar-refractivity contribution in [1.29, 1.82) is 0 Å². The SMILES string of the molecule is CC(C)(C)NC(=O)[C@@H]1CC(N2CCOCC2)CN1C(=O)OC(C)(C)C. The standard InChI is InChI=1S/C18H33N3O4/c1-17(2,3)19-15(22)14-11-13(20-7-9-24-10-8-20)12-21(14)16(23)25-18(4,5)6/h13-14H,7-12H2,1-6H3,(H,19,22)/t13?,14-/m0/s1. The highest BCUT2D eigenvalue weighted by Gasteiger charge is 2.44. The molecule has 2 amide bonds. The smallest absolute Gasteiger partial charge is 0.411 e. The summed E-state index contributed by atoms with van der Waals surface area (Å²) in [6.07, 6.45) is 0.207. The van der Waals surface area contributed by atoms with E-state index in [9.17, 15) is 9.59 Å². The summed E-state index contributed by atoms with van der Waals surface area (Å²) in [4.78, 5) is 29.3. The number of nitrogens with one attached hydrogen (secondary N) is 1. The van der Waals surface area contributed by atoms with Crippen LogP contribution >= 0.6 is 0 Å². The molecule has 2 fully saturated rings. The van der Waals surface area contributed by atoms with Crippen LogP contribution in [0.2, 0.25) is 0 Å². The second kappa shape index (κ2) is 7.50. The predicted octanol–water partition coefficient (Wildman–Crippen LogP) is 1.61. The number of ether oxygens (including phenoxy) is 2. The number of morpholine rings is 1. The molecule has 2 heterocycles. The van der Waals surface area contributed by atoms with E-state index in [1.54, 1.807) is 4.90 Å². The zero-order chi connectivity index (χ0) is 18.8. The normalized spacial score (nSPS) is 25.8. The van der Waals surface area contributed by atoms with Crippen LogP contribution in [0.15, 0.2) is 0 Å². The van der Waals surface area contributed by atoms with Gasteiger partial charge >= 0.3 is 6.09 Å². The minimum Gasteiger partial charge on any atom is -0.444 e. The third kappa shape index (κ3) is 5.85. The molecule has 7 nitrogen and oxygen atoms in total. The van der Waals surface area contributed by atoms with Gasteiger partial charge < -0.3 is 14.8 Å². The molecule has 7 heteroatoms. The first-order chi connectivity index (χ1) is 11.5. The molecule has 2 atom stereocenters. The lowest BCUT2D eigenvalue weighted by Gasteiger charge is -2.32. The van der Waals surface area contributed by atoms with Gasteiger partial charge in [0.25, 0.3) is 0 Å². The third-order valence-electron chi connectivity index (χ3n) is 4.27. The van der Waals surface area contributed by atoms with Gasteiger partial charge in [-0.15, -0.1) is 0 Å². The molecule has 0 aromatic heterocycles. The molecule has 0 saturated carbocycles. The minimum atomic E-state index is -0.584. The molecule has 2 aliphatic heterocycles. The number of hydrogen-bond acceptors (Lipinski definition) is 5. The summed E-state index contributed by atoms with van der Waals surface area (Å²) in [6, 6.07) is -0.339. The van der Waals surface area contributed by atoms with Crippen molar-refractivity contribution >= 4 is 12.0 Å². The van der Waals surface area contributed by atoms with Crippen LogP contribution in [-0.4, -0.2) is 77.9 Å². The Morgan fingerprint density at radius 3 is 2.20 bits per heavy atom. The highest BCUT2D eigenvalue weighted by atomic mass is 16.6. The van der Waals surface area contributed by atoms with E-state index in [-0.39, 0.29) is 17.5 Å². The van der Waals surface area contributed by atoms with E-state index in [1.165, 1.54) is 0 Å². The predicted molar refractivity (Wildman–Crippen MR) is 95.4 cm³/mol. The molecule has 0 aromatic rings. The average Bonchev–Trinajstić information content (AvgIpc) is 2.90. The number of likely N-dealkylation sites (tertiary alicyclic amines) is 1. The van der Waals surface area contributed by atoms with Crippen LogP contribution in [0.25, 0.3) is 0 Å². The second-order valence-corrected chi connectivity index (χ2v) is 8.93.